The average Bonchev–Trinajstić information content (AvgIpc) is 2.51. The molecule has 0 spiro atoms. The zero-order valence-corrected chi connectivity index (χ0v) is 10.4. The number of amides is 1. The standard InChI is InChI=1S/C13H18N2O2/c1-9(2)8-14-13(3)10-6-4-5-7-11(10)15(17)12(13)16/h4-7,9,14,17H,8H2,1-3H3. The molecule has 0 saturated heterocycles. The van der Waals surface area contributed by atoms with Crippen LogP contribution >= 0.6 is 0 Å². The summed E-state index contributed by atoms with van der Waals surface area (Å²) in [6.07, 6.45) is 0. The summed E-state index contributed by atoms with van der Waals surface area (Å²) in [5.41, 5.74) is 0.569. The van der Waals surface area contributed by atoms with Crippen LogP contribution in [0.3, 0.4) is 0 Å². The predicted octanol–water partition coefficient (Wildman–Crippen LogP) is 1.88. The van der Waals surface area contributed by atoms with E-state index in [0.717, 1.165) is 17.2 Å². The number of carbonyl (C=O) groups is 1. The van der Waals surface area contributed by atoms with Gasteiger partial charge in [-0.25, -0.2) is 0 Å². The Morgan fingerprint density at radius 2 is 2.06 bits per heavy atom. The van der Waals surface area contributed by atoms with E-state index in [4.69, 9.17) is 0 Å². The highest BCUT2D eigenvalue weighted by Crippen LogP contribution is 2.38. The molecule has 1 aliphatic heterocycles. The average molecular weight is 234 g/mol. The molecule has 2 rings (SSSR count). The van der Waals surface area contributed by atoms with Crippen LogP contribution < -0.4 is 10.4 Å². The molecular weight excluding hydrogens is 216 g/mol. The van der Waals surface area contributed by atoms with Crippen LogP contribution in [0.1, 0.15) is 26.3 Å². The molecule has 1 heterocycles. The fourth-order valence-electron chi connectivity index (χ4n) is 2.10. The number of nitrogens with one attached hydrogen (secondary N) is 1. The molecule has 0 bridgehead atoms. The smallest absolute Gasteiger partial charge is 0.275 e. The molecule has 1 aliphatic rings. The number of hydrogen-bond acceptors (Lipinski definition) is 3. The van der Waals surface area contributed by atoms with E-state index in [1.165, 1.54) is 0 Å². The van der Waals surface area contributed by atoms with Gasteiger partial charge >= 0.3 is 0 Å². The van der Waals surface area contributed by atoms with Crippen LogP contribution in [-0.4, -0.2) is 17.7 Å². The molecule has 0 aliphatic carbocycles. The van der Waals surface area contributed by atoms with Gasteiger partial charge < -0.3 is 0 Å². The number of fused-ring (bicyclic) bond motifs is 1. The minimum absolute atomic E-state index is 0.320. The van der Waals surface area contributed by atoms with Gasteiger partial charge in [0.25, 0.3) is 5.91 Å². The molecular formula is C13H18N2O2. The Labute approximate surface area is 101 Å². The summed E-state index contributed by atoms with van der Waals surface area (Å²) >= 11 is 0. The van der Waals surface area contributed by atoms with Gasteiger partial charge in [-0.3, -0.25) is 15.3 Å². The van der Waals surface area contributed by atoms with Crippen LogP contribution in [-0.2, 0) is 10.3 Å². The number of carbonyl (C=O) groups excluding carboxylic acids is 1. The van der Waals surface area contributed by atoms with Crippen molar-refractivity contribution >= 4 is 11.6 Å². The van der Waals surface area contributed by atoms with Crippen molar-refractivity contribution in [2.24, 2.45) is 5.92 Å². The second-order valence-corrected chi connectivity index (χ2v) is 5.03. The number of anilines is 1. The van der Waals surface area contributed by atoms with Gasteiger partial charge in [0.15, 0.2) is 0 Å². The van der Waals surface area contributed by atoms with Crippen LogP contribution in [0.5, 0.6) is 0 Å². The number of benzene rings is 1. The van der Waals surface area contributed by atoms with E-state index in [1.807, 2.05) is 25.1 Å². The predicted molar refractivity (Wildman–Crippen MR) is 65.9 cm³/mol. The maximum atomic E-state index is 12.1. The lowest BCUT2D eigenvalue weighted by Crippen LogP contribution is -2.49. The molecule has 4 nitrogen and oxygen atoms in total. The van der Waals surface area contributed by atoms with Crippen LogP contribution in [0.4, 0.5) is 5.69 Å². The van der Waals surface area contributed by atoms with Crippen molar-refractivity contribution in [1.29, 1.82) is 0 Å². The fourth-order valence-corrected chi connectivity index (χ4v) is 2.10. The largest absolute Gasteiger partial charge is 0.299 e. The van der Waals surface area contributed by atoms with Crippen LogP contribution in [0.25, 0.3) is 0 Å². The van der Waals surface area contributed by atoms with Crippen molar-refractivity contribution in [2.45, 2.75) is 26.3 Å². The molecule has 0 fully saturated rings. The zero-order chi connectivity index (χ0) is 12.6. The molecule has 2 N–H and O–H groups in total. The second-order valence-electron chi connectivity index (χ2n) is 5.03. The summed E-state index contributed by atoms with van der Waals surface area (Å²) in [5, 5.41) is 13.8. The number of rotatable bonds is 3. The van der Waals surface area contributed by atoms with E-state index in [0.29, 0.717) is 11.6 Å². The molecule has 1 amide bonds. The number of para-hydroxylation sites is 1. The molecule has 17 heavy (non-hydrogen) atoms. The third-order valence-corrected chi connectivity index (χ3v) is 3.15. The van der Waals surface area contributed by atoms with Gasteiger partial charge in [-0.2, -0.15) is 5.06 Å². The van der Waals surface area contributed by atoms with Crippen molar-refractivity contribution in [1.82, 2.24) is 5.32 Å². The Hall–Kier alpha value is -1.39. The highest BCUT2D eigenvalue weighted by atomic mass is 16.5. The molecule has 0 saturated carbocycles. The SMILES string of the molecule is CC(C)CNC1(C)C(=O)N(O)c2ccccc21. The highest BCUT2D eigenvalue weighted by Gasteiger charge is 2.46. The lowest BCUT2D eigenvalue weighted by atomic mass is 9.93. The van der Waals surface area contributed by atoms with Gasteiger partial charge in [0.2, 0.25) is 0 Å². The number of hydrogen-bond donors (Lipinski definition) is 2. The molecule has 1 aromatic rings. The van der Waals surface area contributed by atoms with Crippen molar-refractivity contribution in [3.8, 4) is 0 Å². The van der Waals surface area contributed by atoms with Crippen LogP contribution in [0.15, 0.2) is 24.3 Å². The van der Waals surface area contributed by atoms with Gasteiger partial charge in [-0.1, -0.05) is 32.0 Å². The summed E-state index contributed by atoms with van der Waals surface area (Å²) < 4.78 is 0. The normalized spacial score (nSPS) is 23.4. The quantitative estimate of drug-likeness (QED) is 0.785. The Balaban J connectivity index is 2.37. The van der Waals surface area contributed by atoms with Crippen LogP contribution in [0.2, 0.25) is 0 Å². The van der Waals surface area contributed by atoms with Crippen molar-refractivity contribution < 1.29 is 10.0 Å². The highest BCUT2D eigenvalue weighted by molar-refractivity contribution is 6.05. The van der Waals surface area contributed by atoms with Gasteiger partial charge in [0, 0.05) is 5.56 Å². The lowest BCUT2D eigenvalue weighted by molar-refractivity contribution is -0.128. The maximum absolute atomic E-state index is 12.1. The molecule has 92 valence electrons. The van der Waals surface area contributed by atoms with Gasteiger partial charge in [0.05, 0.1) is 5.69 Å². The minimum atomic E-state index is -0.824. The zero-order valence-electron chi connectivity index (χ0n) is 10.4. The molecule has 1 atom stereocenters. The van der Waals surface area contributed by atoms with Gasteiger partial charge in [-0.05, 0) is 25.5 Å². The van der Waals surface area contributed by atoms with Gasteiger partial charge in [-0.15, -0.1) is 0 Å². The second kappa shape index (κ2) is 4.13. The number of hydroxylamine groups is 1. The van der Waals surface area contributed by atoms with E-state index in [2.05, 4.69) is 19.2 Å². The molecule has 1 unspecified atom stereocenters. The third-order valence-electron chi connectivity index (χ3n) is 3.15. The Bertz CT molecular complexity index is 445. The lowest BCUT2D eigenvalue weighted by Gasteiger charge is -2.25. The summed E-state index contributed by atoms with van der Waals surface area (Å²) in [6.45, 7) is 6.70. The minimum Gasteiger partial charge on any atom is -0.299 e. The Morgan fingerprint density at radius 3 is 2.71 bits per heavy atom. The monoisotopic (exact) mass is 234 g/mol. The van der Waals surface area contributed by atoms with Crippen LogP contribution in [0, 0.1) is 5.92 Å². The molecule has 4 heteroatoms. The summed E-state index contributed by atoms with van der Waals surface area (Å²) in [7, 11) is 0. The van der Waals surface area contributed by atoms with Gasteiger partial charge in [0.1, 0.15) is 5.54 Å². The first-order valence-electron chi connectivity index (χ1n) is 5.85. The van der Waals surface area contributed by atoms with E-state index in [-0.39, 0.29) is 5.91 Å². The first kappa shape index (κ1) is 12.1. The third kappa shape index (κ3) is 1.83. The maximum Gasteiger partial charge on any atom is 0.275 e. The molecule has 1 aromatic carbocycles. The van der Waals surface area contributed by atoms with Crippen molar-refractivity contribution in [3.63, 3.8) is 0 Å². The summed E-state index contributed by atoms with van der Waals surface area (Å²) in [6, 6.07) is 7.30. The summed E-state index contributed by atoms with van der Waals surface area (Å²) in [4.78, 5) is 12.1. The van der Waals surface area contributed by atoms with E-state index < -0.39 is 5.54 Å². The Kier molecular flexibility index (Phi) is 2.93. The van der Waals surface area contributed by atoms with Crippen molar-refractivity contribution in [3.05, 3.63) is 29.8 Å². The van der Waals surface area contributed by atoms with E-state index in [1.54, 1.807) is 6.07 Å². The fraction of sp³-hybridized carbons (Fsp3) is 0.462. The van der Waals surface area contributed by atoms with Crippen molar-refractivity contribution in [2.75, 3.05) is 11.6 Å². The van der Waals surface area contributed by atoms with E-state index >= 15 is 0 Å². The number of nitrogens with zero attached hydrogens (tertiary/aromatic N) is 1. The van der Waals surface area contributed by atoms with E-state index in [9.17, 15) is 10.0 Å². The first-order valence-corrected chi connectivity index (χ1v) is 5.85. The molecule has 0 aromatic heterocycles. The molecule has 0 radical (unpaired) electrons. The Morgan fingerprint density at radius 1 is 1.41 bits per heavy atom. The summed E-state index contributed by atoms with van der Waals surface area (Å²) in [5.74, 6) is 0.124. The first-order chi connectivity index (χ1) is 7.97. The topological polar surface area (TPSA) is 52.6 Å².